The molecule has 35 heavy (non-hydrogen) atoms. The summed E-state index contributed by atoms with van der Waals surface area (Å²) >= 11 is 0. The number of benzene rings is 3. The molecule has 1 aliphatic heterocycles. The van der Waals surface area contributed by atoms with E-state index >= 15 is 0 Å². The molecule has 5 aromatic rings. The van der Waals surface area contributed by atoms with Gasteiger partial charge in [0, 0.05) is 49.3 Å². The van der Waals surface area contributed by atoms with Crippen molar-refractivity contribution in [2.75, 3.05) is 26.7 Å². The lowest BCUT2D eigenvalue weighted by atomic mass is 10.1. The quantitative estimate of drug-likeness (QED) is 0.417. The number of carbonyl (C=O) groups excluding carboxylic acids is 1. The largest absolute Gasteiger partial charge is 0.350 e. The van der Waals surface area contributed by atoms with Crippen molar-refractivity contribution in [1.82, 2.24) is 24.3 Å². The summed E-state index contributed by atoms with van der Waals surface area (Å²) in [5, 5.41) is 3.56. The van der Waals surface area contributed by atoms with Crippen molar-refractivity contribution in [2.45, 2.75) is 12.5 Å². The molecule has 0 bridgehead atoms. The number of para-hydroxylation sites is 1. The van der Waals surface area contributed by atoms with Crippen LogP contribution in [-0.2, 0) is 18.3 Å². The highest BCUT2D eigenvalue weighted by atomic mass is 16.2. The summed E-state index contributed by atoms with van der Waals surface area (Å²) in [6.45, 7) is 2.30. The fraction of sp³-hybridized carbons (Fsp3) is 0.241. The number of H-pyrrole nitrogens is 1. The number of nitrogens with one attached hydrogen (secondary N) is 1. The summed E-state index contributed by atoms with van der Waals surface area (Å²) in [4.78, 5) is 26.1. The van der Waals surface area contributed by atoms with Crippen molar-refractivity contribution in [2.24, 2.45) is 7.05 Å². The van der Waals surface area contributed by atoms with E-state index in [0.717, 1.165) is 46.6 Å². The topological polar surface area (TPSA) is 57.2 Å². The highest BCUT2D eigenvalue weighted by molar-refractivity contribution is 5.90. The van der Waals surface area contributed by atoms with Crippen molar-refractivity contribution < 1.29 is 4.79 Å². The predicted octanol–water partition coefficient (Wildman–Crippen LogP) is 4.78. The fourth-order valence-electron chi connectivity index (χ4n) is 5.29. The van der Waals surface area contributed by atoms with Gasteiger partial charge in [0.1, 0.15) is 11.9 Å². The van der Waals surface area contributed by atoms with Crippen LogP contribution < -0.4 is 0 Å². The molecule has 1 amide bonds. The predicted molar refractivity (Wildman–Crippen MR) is 140 cm³/mol. The number of hydrogen-bond acceptors (Lipinski definition) is 3. The minimum Gasteiger partial charge on any atom is -0.350 e. The van der Waals surface area contributed by atoms with Crippen molar-refractivity contribution in [1.29, 1.82) is 0 Å². The second kappa shape index (κ2) is 8.71. The number of amides is 1. The van der Waals surface area contributed by atoms with Gasteiger partial charge in [-0.2, -0.15) is 0 Å². The highest BCUT2D eigenvalue weighted by Crippen LogP contribution is 2.29. The average molecular weight is 464 g/mol. The van der Waals surface area contributed by atoms with Crippen LogP contribution in [0.15, 0.2) is 79.1 Å². The van der Waals surface area contributed by atoms with Crippen LogP contribution in [0.4, 0.5) is 0 Å². The van der Waals surface area contributed by atoms with Gasteiger partial charge in [-0.05, 0) is 35.5 Å². The second-order valence-corrected chi connectivity index (χ2v) is 9.57. The SMILES string of the molecule is CN1CCN(C(=O)Cc2cn(C)c3ccccc23)C(c2ncc(-c3ccc4ccccc4c3)[nH]2)C1. The number of hydrogen-bond donors (Lipinski definition) is 1. The first-order chi connectivity index (χ1) is 17.1. The normalized spacial score (nSPS) is 16.9. The molecule has 1 atom stereocenters. The van der Waals surface area contributed by atoms with Gasteiger partial charge in [-0.15, -0.1) is 0 Å². The molecule has 6 nitrogen and oxygen atoms in total. The minimum absolute atomic E-state index is 0.106. The third kappa shape index (κ3) is 4.00. The fourth-order valence-corrected chi connectivity index (χ4v) is 5.29. The monoisotopic (exact) mass is 463 g/mol. The maximum atomic E-state index is 13.6. The van der Waals surface area contributed by atoms with Gasteiger partial charge in [0.15, 0.2) is 0 Å². The number of aryl methyl sites for hydroxylation is 1. The van der Waals surface area contributed by atoms with Crippen molar-refractivity contribution >= 4 is 27.6 Å². The molecule has 1 N–H and O–H groups in total. The third-order valence-corrected chi connectivity index (χ3v) is 7.20. The molecule has 0 saturated carbocycles. The summed E-state index contributed by atoms with van der Waals surface area (Å²) in [6.07, 6.45) is 4.36. The number of rotatable bonds is 4. The smallest absolute Gasteiger partial charge is 0.227 e. The number of aromatic nitrogens is 3. The summed E-state index contributed by atoms with van der Waals surface area (Å²) in [5.41, 5.74) is 4.29. The standard InChI is InChI=1S/C29H29N5O/c1-32-13-14-34(28(35)16-23-18-33(2)26-10-6-5-9-24(23)26)27(19-32)29-30-17-25(31-29)22-12-11-20-7-3-4-8-21(20)15-22/h3-12,15,17-18,27H,13-14,16,19H2,1-2H3,(H,30,31). The van der Waals surface area contributed by atoms with Crippen molar-refractivity contribution in [3.63, 3.8) is 0 Å². The van der Waals surface area contributed by atoms with Crippen molar-refractivity contribution in [3.8, 4) is 11.3 Å². The molecular weight excluding hydrogens is 434 g/mol. The molecular formula is C29H29N5O. The molecule has 1 unspecified atom stereocenters. The van der Waals surface area contributed by atoms with Gasteiger partial charge < -0.3 is 19.4 Å². The molecule has 1 saturated heterocycles. The molecule has 6 heteroatoms. The van der Waals surface area contributed by atoms with E-state index in [1.165, 1.54) is 10.8 Å². The maximum Gasteiger partial charge on any atom is 0.227 e. The third-order valence-electron chi connectivity index (χ3n) is 7.20. The lowest BCUT2D eigenvalue weighted by Crippen LogP contribution is -2.50. The molecule has 0 radical (unpaired) electrons. The Hall–Kier alpha value is -3.90. The van der Waals surface area contributed by atoms with Crippen LogP contribution in [-0.4, -0.2) is 56.9 Å². The molecule has 0 aliphatic carbocycles. The first-order valence-corrected chi connectivity index (χ1v) is 12.1. The van der Waals surface area contributed by atoms with Crippen LogP contribution in [0.2, 0.25) is 0 Å². The number of aromatic amines is 1. The Morgan fingerprint density at radius 1 is 1.00 bits per heavy atom. The zero-order valence-electron chi connectivity index (χ0n) is 20.1. The van der Waals surface area contributed by atoms with Gasteiger partial charge in [-0.25, -0.2) is 4.98 Å². The van der Waals surface area contributed by atoms with Gasteiger partial charge in [-0.3, -0.25) is 4.79 Å². The van der Waals surface area contributed by atoms with Gasteiger partial charge in [0.05, 0.1) is 18.3 Å². The number of piperazine rings is 1. The van der Waals surface area contributed by atoms with E-state index in [1.54, 1.807) is 0 Å². The minimum atomic E-state index is -0.106. The molecule has 176 valence electrons. The van der Waals surface area contributed by atoms with Crippen LogP contribution in [0.25, 0.3) is 32.9 Å². The van der Waals surface area contributed by atoms with Gasteiger partial charge in [0.25, 0.3) is 0 Å². The Bertz CT molecular complexity index is 1530. The average Bonchev–Trinajstić information content (AvgIpc) is 3.49. The first-order valence-electron chi connectivity index (χ1n) is 12.1. The number of nitrogens with zero attached hydrogens (tertiary/aromatic N) is 4. The number of carbonyl (C=O) groups is 1. The van der Waals surface area contributed by atoms with E-state index < -0.39 is 0 Å². The van der Waals surface area contributed by atoms with Crippen LogP contribution in [0.1, 0.15) is 17.4 Å². The number of likely N-dealkylation sites (N-methyl/N-ethyl adjacent to an activating group) is 1. The Labute approximate surface area is 204 Å². The molecule has 3 aromatic carbocycles. The lowest BCUT2D eigenvalue weighted by molar-refractivity contribution is -0.135. The maximum absolute atomic E-state index is 13.6. The van der Waals surface area contributed by atoms with Gasteiger partial charge in [-0.1, -0.05) is 54.6 Å². The first kappa shape index (κ1) is 21.6. The summed E-state index contributed by atoms with van der Waals surface area (Å²) in [6, 6.07) is 23.0. The van der Waals surface area contributed by atoms with Crippen LogP contribution in [0.3, 0.4) is 0 Å². The van der Waals surface area contributed by atoms with E-state index in [-0.39, 0.29) is 11.9 Å². The highest BCUT2D eigenvalue weighted by Gasteiger charge is 2.32. The number of imidazole rings is 1. The van der Waals surface area contributed by atoms with E-state index in [0.29, 0.717) is 13.0 Å². The molecule has 1 fully saturated rings. The van der Waals surface area contributed by atoms with E-state index in [9.17, 15) is 4.79 Å². The Kier molecular flexibility index (Phi) is 5.38. The molecule has 6 rings (SSSR count). The Balaban J connectivity index is 1.28. The van der Waals surface area contributed by atoms with Crippen molar-refractivity contribution in [3.05, 3.63) is 90.5 Å². The van der Waals surface area contributed by atoms with Gasteiger partial charge >= 0.3 is 0 Å². The van der Waals surface area contributed by atoms with Crippen LogP contribution in [0, 0.1) is 0 Å². The summed E-state index contributed by atoms with van der Waals surface area (Å²) in [5.74, 6) is 0.981. The Morgan fingerprint density at radius 2 is 1.80 bits per heavy atom. The molecule has 1 aliphatic rings. The van der Waals surface area contributed by atoms with E-state index in [1.807, 2.05) is 30.3 Å². The summed E-state index contributed by atoms with van der Waals surface area (Å²) < 4.78 is 2.10. The van der Waals surface area contributed by atoms with E-state index in [4.69, 9.17) is 4.98 Å². The lowest BCUT2D eigenvalue weighted by Gasteiger charge is -2.39. The zero-order chi connectivity index (χ0) is 23.9. The molecule has 0 spiro atoms. The second-order valence-electron chi connectivity index (χ2n) is 9.57. The summed E-state index contributed by atoms with van der Waals surface area (Å²) in [7, 11) is 4.14. The molecule has 2 aromatic heterocycles. The zero-order valence-corrected chi connectivity index (χ0v) is 20.1. The molecule has 3 heterocycles. The van der Waals surface area contributed by atoms with Crippen LogP contribution >= 0.6 is 0 Å². The van der Waals surface area contributed by atoms with Gasteiger partial charge in [0.2, 0.25) is 5.91 Å². The number of fused-ring (bicyclic) bond motifs is 2. The Morgan fingerprint density at radius 3 is 2.69 bits per heavy atom. The van der Waals surface area contributed by atoms with Crippen LogP contribution in [0.5, 0.6) is 0 Å². The van der Waals surface area contributed by atoms with E-state index in [2.05, 4.69) is 82.3 Å².